The Morgan fingerprint density at radius 2 is 2.12 bits per heavy atom. The molecule has 0 spiro atoms. The van der Waals surface area contributed by atoms with Crippen molar-refractivity contribution in [2.24, 2.45) is 0 Å². The van der Waals surface area contributed by atoms with Gasteiger partial charge in [0.05, 0.1) is 6.54 Å². The summed E-state index contributed by atoms with van der Waals surface area (Å²) in [4.78, 5) is 13.9. The minimum atomic E-state index is -4.54. The molecule has 24 heavy (non-hydrogen) atoms. The summed E-state index contributed by atoms with van der Waals surface area (Å²) in [6.45, 7) is -0.341. The normalized spacial score (nSPS) is 18.9. The Balaban J connectivity index is 2.06. The molecular formula is C15H11BrClF3N2OS. The van der Waals surface area contributed by atoms with Crippen molar-refractivity contribution >= 4 is 50.5 Å². The molecule has 3 nitrogen and oxygen atoms in total. The van der Waals surface area contributed by atoms with Gasteiger partial charge in [-0.15, -0.1) is 11.3 Å². The third kappa shape index (κ3) is 3.77. The van der Waals surface area contributed by atoms with Crippen LogP contribution in [0.3, 0.4) is 0 Å². The summed E-state index contributed by atoms with van der Waals surface area (Å²) in [6, 6.07) is 3.96. The number of rotatable bonds is 2. The van der Waals surface area contributed by atoms with Gasteiger partial charge >= 0.3 is 6.18 Å². The van der Waals surface area contributed by atoms with Crippen molar-refractivity contribution in [1.29, 1.82) is 0 Å². The second-order valence-corrected chi connectivity index (χ2v) is 7.71. The zero-order chi connectivity index (χ0) is 17.5. The first kappa shape index (κ1) is 17.7. The van der Waals surface area contributed by atoms with E-state index in [9.17, 15) is 18.0 Å². The highest BCUT2D eigenvalue weighted by Gasteiger charge is 2.47. The molecule has 3 rings (SSSR count). The number of halogens is 5. The lowest BCUT2D eigenvalue weighted by molar-refractivity contribution is -0.187. The number of anilines is 1. The lowest BCUT2D eigenvalue weighted by Crippen LogP contribution is -2.39. The van der Waals surface area contributed by atoms with E-state index < -0.39 is 18.1 Å². The van der Waals surface area contributed by atoms with Crippen LogP contribution in [0.25, 0.3) is 0 Å². The van der Waals surface area contributed by atoms with E-state index in [0.717, 1.165) is 14.2 Å². The third-order valence-electron chi connectivity index (χ3n) is 3.58. The molecule has 9 heteroatoms. The van der Waals surface area contributed by atoms with Crippen molar-refractivity contribution < 1.29 is 18.0 Å². The topological polar surface area (TPSA) is 32.3 Å². The van der Waals surface area contributed by atoms with Gasteiger partial charge in [-0.2, -0.15) is 13.2 Å². The SMILES string of the molecule is O=C1CN(Cc2cc(Br)cs2)C(C(F)(F)F)c2cc(Cl)ccc2N1. The molecule has 1 N–H and O–H groups in total. The number of amides is 1. The van der Waals surface area contributed by atoms with Crippen LogP contribution in [-0.4, -0.2) is 23.5 Å². The minimum absolute atomic E-state index is 0.0137. The first-order valence-corrected chi connectivity index (χ1v) is 8.92. The summed E-state index contributed by atoms with van der Waals surface area (Å²) in [6.07, 6.45) is -4.54. The highest BCUT2D eigenvalue weighted by molar-refractivity contribution is 9.10. The number of carbonyl (C=O) groups is 1. The summed E-state index contributed by atoms with van der Waals surface area (Å²) in [5.74, 6) is -0.485. The van der Waals surface area contributed by atoms with Crippen LogP contribution in [0.5, 0.6) is 0 Å². The van der Waals surface area contributed by atoms with Crippen LogP contribution in [0, 0.1) is 0 Å². The number of benzene rings is 1. The van der Waals surface area contributed by atoms with Crippen LogP contribution in [-0.2, 0) is 11.3 Å². The maximum atomic E-state index is 13.8. The summed E-state index contributed by atoms with van der Waals surface area (Å²) in [7, 11) is 0. The molecule has 128 valence electrons. The summed E-state index contributed by atoms with van der Waals surface area (Å²) >= 11 is 10.5. The molecule has 0 saturated carbocycles. The number of fused-ring (bicyclic) bond motifs is 1. The highest BCUT2D eigenvalue weighted by atomic mass is 79.9. The van der Waals surface area contributed by atoms with Gasteiger partial charge in [-0.25, -0.2) is 0 Å². The van der Waals surface area contributed by atoms with Crippen LogP contribution in [0.2, 0.25) is 5.02 Å². The fourth-order valence-electron chi connectivity index (χ4n) is 2.70. The standard InChI is InChI=1S/C15H11BrClF3N2OS/c16-8-3-10(24-7-8)5-22-6-13(23)21-12-2-1-9(17)4-11(12)14(22)15(18,19)20/h1-4,7,14H,5-6H2,(H,21,23). The molecule has 1 aliphatic rings. The Hall–Kier alpha value is -1.09. The van der Waals surface area contributed by atoms with Crippen LogP contribution < -0.4 is 5.32 Å². The number of thiophene rings is 1. The van der Waals surface area contributed by atoms with Crippen molar-refractivity contribution in [3.8, 4) is 0 Å². The van der Waals surface area contributed by atoms with Crippen molar-refractivity contribution in [2.75, 3.05) is 11.9 Å². The number of carbonyl (C=O) groups excluding carboxylic acids is 1. The van der Waals surface area contributed by atoms with E-state index in [1.54, 1.807) is 11.4 Å². The molecule has 0 fully saturated rings. The Kier molecular flexibility index (Phi) is 4.92. The largest absolute Gasteiger partial charge is 0.408 e. The monoisotopic (exact) mass is 438 g/mol. The second-order valence-electron chi connectivity index (χ2n) is 5.36. The van der Waals surface area contributed by atoms with E-state index in [1.165, 1.54) is 29.5 Å². The van der Waals surface area contributed by atoms with Gasteiger partial charge in [0.15, 0.2) is 0 Å². The van der Waals surface area contributed by atoms with Gasteiger partial charge in [-0.3, -0.25) is 9.69 Å². The zero-order valence-corrected chi connectivity index (χ0v) is 15.2. The van der Waals surface area contributed by atoms with E-state index in [0.29, 0.717) is 0 Å². The van der Waals surface area contributed by atoms with Gasteiger partial charge < -0.3 is 5.32 Å². The molecule has 1 aromatic carbocycles. The lowest BCUT2D eigenvalue weighted by Gasteiger charge is -2.31. The molecule has 1 aliphatic heterocycles. The molecule has 2 heterocycles. The van der Waals surface area contributed by atoms with Crippen molar-refractivity contribution in [3.05, 3.63) is 49.6 Å². The highest BCUT2D eigenvalue weighted by Crippen LogP contribution is 2.43. The average molecular weight is 440 g/mol. The molecular weight excluding hydrogens is 429 g/mol. The van der Waals surface area contributed by atoms with Gasteiger partial charge in [0.2, 0.25) is 5.91 Å². The Morgan fingerprint density at radius 3 is 2.75 bits per heavy atom. The quantitative estimate of drug-likeness (QED) is 0.696. The van der Waals surface area contributed by atoms with Gasteiger partial charge in [0.1, 0.15) is 6.04 Å². The van der Waals surface area contributed by atoms with Gasteiger partial charge in [-0.1, -0.05) is 11.6 Å². The predicted molar refractivity (Wildman–Crippen MR) is 91.3 cm³/mol. The van der Waals surface area contributed by atoms with Gasteiger partial charge in [-0.05, 0) is 40.2 Å². The van der Waals surface area contributed by atoms with Crippen LogP contribution in [0.15, 0.2) is 34.1 Å². The molecule has 1 aromatic heterocycles. The second kappa shape index (κ2) is 6.67. The fraction of sp³-hybridized carbons (Fsp3) is 0.267. The Bertz CT molecular complexity index is 780. The number of nitrogens with one attached hydrogen (secondary N) is 1. The Morgan fingerprint density at radius 1 is 1.38 bits per heavy atom. The van der Waals surface area contributed by atoms with Gasteiger partial charge in [0, 0.05) is 37.5 Å². The maximum Gasteiger partial charge on any atom is 0.408 e. The Labute approximate surface area is 153 Å². The van der Waals surface area contributed by atoms with E-state index in [4.69, 9.17) is 11.6 Å². The van der Waals surface area contributed by atoms with Crippen LogP contribution >= 0.6 is 38.9 Å². The van der Waals surface area contributed by atoms with Gasteiger partial charge in [0.25, 0.3) is 0 Å². The number of hydrogen-bond donors (Lipinski definition) is 1. The third-order valence-corrected chi connectivity index (χ3v) is 5.50. The van der Waals surface area contributed by atoms with Crippen LogP contribution in [0.4, 0.5) is 18.9 Å². The van der Waals surface area contributed by atoms with E-state index >= 15 is 0 Å². The van der Waals surface area contributed by atoms with E-state index in [2.05, 4.69) is 21.2 Å². The maximum absolute atomic E-state index is 13.8. The molecule has 1 unspecified atom stereocenters. The average Bonchev–Trinajstić information content (AvgIpc) is 2.78. The number of hydrogen-bond acceptors (Lipinski definition) is 3. The predicted octanol–water partition coefficient (Wildman–Crippen LogP) is 5.22. The van der Waals surface area contributed by atoms with Crippen molar-refractivity contribution in [2.45, 2.75) is 18.8 Å². The van der Waals surface area contributed by atoms with Crippen molar-refractivity contribution in [3.63, 3.8) is 0 Å². The van der Waals surface area contributed by atoms with Crippen molar-refractivity contribution in [1.82, 2.24) is 4.90 Å². The zero-order valence-electron chi connectivity index (χ0n) is 12.0. The lowest BCUT2D eigenvalue weighted by atomic mass is 10.0. The first-order valence-electron chi connectivity index (χ1n) is 6.87. The molecule has 1 amide bonds. The van der Waals surface area contributed by atoms with Crippen LogP contribution in [0.1, 0.15) is 16.5 Å². The van der Waals surface area contributed by atoms with E-state index in [1.807, 2.05) is 0 Å². The summed E-state index contributed by atoms with van der Waals surface area (Å²) in [5, 5.41) is 4.51. The number of alkyl halides is 3. The first-order chi connectivity index (χ1) is 11.2. The summed E-state index contributed by atoms with van der Waals surface area (Å²) < 4.78 is 42.2. The van der Waals surface area contributed by atoms with E-state index in [-0.39, 0.29) is 29.4 Å². The number of nitrogens with zero attached hydrogens (tertiary/aromatic N) is 1. The smallest absolute Gasteiger partial charge is 0.325 e. The molecule has 0 saturated heterocycles. The molecule has 0 aliphatic carbocycles. The summed E-state index contributed by atoms with van der Waals surface area (Å²) in [5.41, 5.74) is 0.0954. The molecule has 0 radical (unpaired) electrons. The minimum Gasteiger partial charge on any atom is -0.325 e. The molecule has 2 aromatic rings. The molecule has 1 atom stereocenters. The molecule has 0 bridgehead atoms. The fourth-order valence-corrected chi connectivity index (χ4v) is 4.36.